The Labute approximate surface area is 119 Å². The van der Waals surface area contributed by atoms with Crippen LogP contribution >= 0.6 is 0 Å². The summed E-state index contributed by atoms with van der Waals surface area (Å²) in [6, 6.07) is 3.55. The molecule has 110 valence electrons. The van der Waals surface area contributed by atoms with Crippen molar-refractivity contribution in [2.45, 2.75) is 56.7 Å². The van der Waals surface area contributed by atoms with Gasteiger partial charge in [0.25, 0.3) is 5.56 Å². The van der Waals surface area contributed by atoms with E-state index in [0.717, 1.165) is 51.6 Å². The lowest BCUT2D eigenvalue weighted by Crippen LogP contribution is -2.45. The van der Waals surface area contributed by atoms with Crippen molar-refractivity contribution in [3.63, 3.8) is 0 Å². The molecule has 5 nitrogen and oxygen atoms in total. The van der Waals surface area contributed by atoms with E-state index in [-0.39, 0.29) is 5.56 Å². The molecule has 2 fully saturated rings. The molecule has 3 rings (SSSR count). The standard InChI is InChI=1S/C15H23N3O2/c19-14-6-3-9-16-18(14)11-13-5-4-10-17(13)12-15(20)7-1-2-8-15/h3,6,9,13,20H,1-2,4-5,7-8,10-12H2. The summed E-state index contributed by atoms with van der Waals surface area (Å²) >= 11 is 0. The Morgan fingerprint density at radius 3 is 2.90 bits per heavy atom. The maximum absolute atomic E-state index is 11.8. The van der Waals surface area contributed by atoms with Crippen molar-refractivity contribution >= 4 is 0 Å². The van der Waals surface area contributed by atoms with Crippen molar-refractivity contribution in [3.8, 4) is 0 Å². The van der Waals surface area contributed by atoms with Crippen molar-refractivity contribution in [3.05, 3.63) is 28.7 Å². The van der Waals surface area contributed by atoms with Crippen molar-refractivity contribution in [2.24, 2.45) is 0 Å². The number of aromatic nitrogens is 2. The summed E-state index contributed by atoms with van der Waals surface area (Å²) in [5.74, 6) is 0. The van der Waals surface area contributed by atoms with Crippen LogP contribution in [0.2, 0.25) is 0 Å². The quantitative estimate of drug-likeness (QED) is 0.892. The molecular formula is C15H23N3O2. The van der Waals surface area contributed by atoms with Gasteiger partial charge in [0.15, 0.2) is 0 Å². The van der Waals surface area contributed by atoms with Gasteiger partial charge in [-0.1, -0.05) is 12.8 Å². The van der Waals surface area contributed by atoms with Crippen LogP contribution in [-0.2, 0) is 6.54 Å². The third-order valence-electron chi connectivity index (χ3n) is 4.70. The van der Waals surface area contributed by atoms with E-state index in [2.05, 4.69) is 10.00 Å². The molecule has 2 heterocycles. The lowest BCUT2D eigenvalue weighted by atomic mass is 10.0. The fourth-order valence-corrected chi connectivity index (χ4v) is 3.60. The summed E-state index contributed by atoms with van der Waals surface area (Å²) in [4.78, 5) is 14.1. The van der Waals surface area contributed by atoms with Crippen LogP contribution in [0.25, 0.3) is 0 Å². The molecule has 1 aromatic heterocycles. The molecule has 1 aliphatic carbocycles. The van der Waals surface area contributed by atoms with Gasteiger partial charge in [-0.05, 0) is 38.3 Å². The van der Waals surface area contributed by atoms with Crippen LogP contribution in [-0.4, -0.2) is 44.5 Å². The lowest BCUT2D eigenvalue weighted by Gasteiger charge is -2.32. The number of hydrogen-bond donors (Lipinski definition) is 1. The van der Waals surface area contributed by atoms with E-state index in [1.807, 2.05) is 0 Å². The van der Waals surface area contributed by atoms with E-state index >= 15 is 0 Å². The highest BCUT2D eigenvalue weighted by Crippen LogP contribution is 2.32. The van der Waals surface area contributed by atoms with Crippen LogP contribution in [0.5, 0.6) is 0 Å². The fourth-order valence-electron chi connectivity index (χ4n) is 3.60. The van der Waals surface area contributed by atoms with Crippen molar-refractivity contribution in [1.82, 2.24) is 14.7 Å². The van der Waals surface area contributed by atoms with Crippen LogP contribution in [0.3, 0.4) is 0 Å². The topological polar surface area (TPSA) is 58.4 Å². The zero-order valence-corrected chi connectivity index (χ0v) is 11.9. The van der Waals surface area contributed by atoms with Gasteiger partial charge >= 0.3 is 0 Å². The minimum Gasteiger partial charge on any atom is -0.389 e. The molecule has 0 amide bonds. The first-order valence-electron chi connectivity index (χ1n) is 7.65. The molecule has 1 unspecified atom stereocenters. The normalized spacial score (nSPS) is 26.1. The Balaban J connectivity index is 1.67. The maximum atomic E-state index is 11.8. The highest BCUT2D eigenvalue weighted by atomic mass is 16.3. The lowest BCUT2D eigenvalue weighted by molar-refractivity contribution is 0.00356. The van der Waals surface area contributed by atoms with Crippen LogP contribution in [0.4, 0.5) is 0 Å². The van der Waals surface area contributed by atoms with E-state index in [1.165, 1.54) is 0 Å². The largest absolute Gasteiger partial charge is 0.389 e. The number of rotatable bonds is 4. The van der Waals surface area contributed by atoms with Gasteiger partial charge in [0.2, 0.25) is 0 Å². The van der Waals surface area contributed by atoms with E-state index in [4.69, 9.17) is 0 Å². The second kappa shape index (κ2) is 5.66. The summed E-state index contributed by atoms with van der Waals surface area (Å²) in [7, 11) is 0. The van der Waals surface area contributed by atoms with Gasteiger partial charge in [-0.2, -0.15) is 5.10 Å². The number of hydrogen-bond acceptors (Lipinski definition) is 4. The van der Waals surface area contributed by atoms with Crippen molar-refractivity contribution < 1.29 is 5.11 Å². The Kier molecular flexibility index (Phi) is 3.89. The second-order valence-electron chi connectivity index (χ2n) is 6.24. The van der Waals surface area contributed by atoms with E-state index in [1.54, 1.807) is 23.0 Å². The Bertz CT molecular complexity index is 508. The first-order chi connectivity index (χ1) is 9.66. The van der Waals surface area contributed by atoms with Gasteiger partial charge in [-0.15, -0.1) is 0 Å². The maximum Gasteiger partial charge on any atom is 0.266 e. The van der Waals surface area contributed by atoms with E-state index < -0.39 is 5.60 Å². The minimum absolute atomic E-state index is 0.0427. The molecular weight excluding hydrogens is 254 g/mol. The summed E-state index contributed by atoms with van der Waals surface area (Å²) < 4.78 is 1.54. The molecule has 2 aliphatic rings. The first kappa shape index (κ1) is 13.8. The smallest absolute Gasteiger partial charge is 0.266 e. The van der Waals surface area contributed by atoms with Crippen molar-refractivity contribution in [1.29, 1.82) is 0 Å². The third kappa shape index (κ3) is 2.94. The molecule has 0 aromatic carbocycles. The number of β-amino-alcohol motifs (C(OH)–C–C–N with tert-alkyl or cyclic N) is 1. The zero-order chi connectivity index (χ0) is 14.0. The Morgan fingerprint density at radius 1 is 1.35 bits per heavy atom. The molecule has 1 saturated carbocycles. The van der Waals surface area contributed by atoms with Gasteiger partial charge in [0.1, 0.15) is 0 Å². The van der Waals surface area contributed by atoms with Crippen LogP contribution in [0, 0.1) is 0 Å². The fraction of sp³-hybridized carbons (Fsp3) is 0.733. The molecule has 0 bridgehead atoms. The Hall–Kier alpha value is -1.20. The van der Waals surface area contributed by atoms with Gasteiger partial charge in [0, 0.05) is 24.8 Å². The van der Waals surface area contributed by atoms with Gasteiger partial charge in [-0.3, -0.25) is 9.69 Å². The van der Waals surface area contributed by atoms with Crippen LogP contribution < -0.4 is 5.56 Å². The molecule has 1 aromatic rings. The van der Waals surface area contributed by atoms with Gasteiger partial charge in [-0.25, -0.2) is 4.68 Å². The molecule has 1 atom stereocenters. The number of likely N-dealkylation sites (tertiary alicyclic amines) is 1. The molecule has 0 spiro atoms. The van der Waals surface area contributed by atoms with Crippen LogP contribution in [0.15, 0.2) is 23.1 Å². The molecule has 1 saturated heterocycles. The summed E-state index contributed by atoms with van der Waals surface area (Å²) in [6.45, 7) is 2.41. The SMILES string of the molecule is O=c1cccnn1CC1CCCN1CC1(O)CCCC1. The van der Waals surface area contributed by atoms with Gasteiger partial charge in [0.05, 0.1) is 12.1 Å². The average molecular weight is 277 g/mol. The number of aliphatic hydroxyl groups is 1. The monoisotopic (exact) mass is 277 g/mol. The van der Waals surface area contributed by atoms with Gasteiger partial charge < -0.3 is 5.11 Å². The molecule has 1 N–H and O–H groups in total. The summed E-state index contributed by atoms with van der Waals surface area (Å²) in [6.07, 6.45) is 7.98. The van der Waals surface area contributed by atoms with E-state index in [0.29, 0.717) is 12.6 Å². The molecule has 1 aliphatic heterocycles. The summed E-state index contributed by atoms with van der Waals surface area (Å²) in [5, 5.41) is 14.7. The van der Waals surface area contributed by atoms with Crippen LogP contribution in [0.1, 0.15) is 38.5 Å². The molecule has 5 heteroatoms. The summed E-state index contributed by atoms with van der Waals surface area (Å²) in [5.41, 5.74) is -0.545. The van der Waals surface area contributed by atoms with Crippen molar-refractivity contribution in [2.75, 3.05) is 13.1 Å². The first-order valence-corrected chi connectivity index (χ1v) is 7.65. The number of nitrogens with zero attached hydrogens (tertiary/aromatic N) is 3. The molecule has 20 heavy (non-hydrogen) atoms. The predicted octanol–water partition coefficient (Wildman–Crippen LogP) is 1.01. The average Bonchev–Trinajstić information content (AvgIpc) is 3.03. The molecule has 0 radical (unpaired) electrons. The second-order valence-corrected chi connectivity index (χ2v) is 6.24. The highest BCUT2D eigenvalue weighted by molar-refractivity contribution is 4.92. The third-order valence-corrected chi connectivity index (χ3v) is 4.70. The van der Waals surface area contributed by atoms with E-state index in [9.17, 15) is 9.90 Å². The Morgan fingerprint density at radius 2 is 2.15 bits per heavy atom. The predicted molar refractivity (Wildman–Crippen MR) is 76.5 cm³/mol. The zero-order valence-electron chi connectivity index (χ0n) is 11.9. The highest BCUT2D eigenvalue weighted by Gasteiger charge is 2.36. The minimum atomic E-state index is -0.502.